The van der Waals surface area contributed by atoms with Gasteiger partial charge in [-0.25, -0.2) is 0 Å². The molecule has 0 unspecified atom stereocenters. The smallest absolute Gasteiger partial charge is 0.320 e. The SMILES string of the molecule is O=C(O)[C@@H]1C[C@@H](O)CN1.O=C(O)[C@@H]1C[C@@H](O)CN1. The number of hydrogen-bond acceptors (Lipinski definition) is 6. The molecule has 2 rings (SSSR count). The normalized spacial score (nSPS) is 34.8. The molecule has 0 aromatic carbocycles. The van der Waals surface area contributed by atoms with Gasteiger partial charge in [-0.05, 0) is 0 Å². The molecule has 2 heterocycles. The van der Waals surface area contributed by atoms with E-state index >= 15 is 0 Å². The van der Waals surface area contributed by atoms with E-state index in [4.69, 9.17) is 20.4 Å². The maximum Gasteiger partial charge on any atom is 0.320 e. The summed E-state index contributed by atoms with van der Waals surface area (Å²) >= 11 is 0. The van der Waals surface area contributed by atoms with E-state index in [-0.39, 0.29) is 0 Å². The summed E-state index contributed by atoms with van der Waals surface area (Å²) in [4.78, 5) is 20.3. The number of hydrogen-bond donors (Lipinski definition) is 6. The number of aliphatic hydroxyl groups excluding tert-OH is 2. The molecule has 6 N–H and O–H groups in total. The Bertz CT molecular complexity index is 281. The van der Waals surface area contributed by atoms with E-state index < -0.39 is 36.2 Å². The van der Waals surface area contributed by atoms with E-state index in [1.165, 1.54) is 0 Å². The van der Waals surface area contributed by atoms with Crippen molar-refractivity contribution in [1.82, 2.24) is 10.6 Å². The average molecular weight is 262 g/mol. The summed E-state index contributed by atoms with van der Waals surface area (Å²) in [6.45, 7) is 0.800. The lowest BCUT2D eigenvalue weighted by molar-refractivity contribution is -0.140. The molecular weight excluding hydrogens is 244 g/mol. The first-order chi connectivity index (χ1) is 8.40. The van der Waals surface area contributed by atoms with Crippen molar-refractivity contribution in [3.05, 3.63) is 0 Å². The monoisotopic (exact) mass is 262 g/mol. The fourth-order valence-electron chi connectivity index (χ4n) is 1.81. The summed E-state index contributed by atoms with van der Waals surface area (Å²) in [5.41, 5.74) is 0. The van der Waals surface area contributed by atoms with Crippen molar-refractivity contribution in [3.8, 4) is 0 Å². The van der Waals surface area contributed by atoms with Gasteiger partial charge in [0.25, 0.3) is 0 Å². The Hall–Kier alpha value is -1.22. The summed E-state index contributed by atoms with van der Waals surface area (Å²) in [6.07, 6.45) is -0.304. The highest BCUT2D eigenvalue weighted by Crippen LogP contribution is 2.05. The molecule has 0 saturated carbocycles. The van der Waals surface area contributed by atoms with Gasteiger partial charge in [0.2, 0.25) is 0 Å². The maximum absolute atomic E-state index is 10.2. The van der Waals surface area contributed by atoms with Gasteiger partial charge in [-0.15, -0.1) is 0 Å². The average Bonchev–Trinajstić information content (AvgIpc) is 2.88. The Morgan fingerprint density at radius 1 is 0.833 bits per heavy atom. The summed E-state index contributed by atoms with van der Waals surface area (Å²) < 4.78 is 0. The fourth-order valence-corrected chi connectivity index (χ4v) is 1.81. The first-order valence-corrected chi connectivity index (χ1v) is 5.68. The molecule has 104 valence electrons. The predicted octanol–water partition coefficient (Wildman–Crippen LogP) is -2.41. The second kappa shape index (κ2) is 6.64. The standard InChI is InChI=1S/2C5H9NO3/c2*7-3-1-4(5(8)9)6-2-3/h2*3-4,6-7H,1-2H2,(H,8,9)/t2*3-,4+/m11/s1. The molecule has 0 aromatic rings. The molecule has 0 aliphatic carbocycles. The Morgan fingerprint density at radius 2 is 1.17 bits per heavy atom. The highest BCUT2D eigenvalue weighted by molar-refractivity contribution is 5.74. The van der Waals surface area contributed by atoms with Gasteiger partial charge in [0.05, 0.1) is 12.2 Å². The van der Waals surface area contributed by atoms with Gasteiger partial charge < -0.3 is 31.1 Å². The number of carboxylic acids is 2. The molecule has 0 spiro atoms. The third-order valence-corrected chi connectivity index (χ3v) is 2.81. The molecule has 2 fully saturated rings. The molecule has 0 radical (unpaired) electrons. The summed E-state index contributed by atoms with van der Waals surface area (Å²) in [5, 5.41) is 39.7. The van der Waals surface area contributed by atoms with Gasteiger partial charge in [-0.2, -0.15) is 0 Å². The minimum absolute atomic E-state index is 0.329. The number of carboxylic acid groups (broad SMARTS) is 2. The van der Waals surface area contributed by atoms with Crippen LogP contribution >= 0.6 is 0 Å². The lowest BCUT2D eigenvalue weighted by atomic mass is 10.2. The van der Waals surface area contributed by atoms with Crippen molar-refractivity contribution in [2.24, 2.45) is 0 Å². The van der Waals surface area contributed by atoms with Crippen LogP contribution in [0.2, 0.25) is 0 Å². The van der Waals surface area contributed by atoms with E-state index in [2.05, 4.69) is 10.6 Å². The van der Waals surface area contributed by atoms with Crippen LogP contribution in [0.1, 0.15) is 12.8 Å². The van der Waals surface area contributed by atoms with Crippen LogP contribution in [0, 0.1) is 0 Å². The van der Waals surface area contributed by atoms with Gasteiger partial charge in [-0.1, -0.05) is 0 Å². The Kier molecular flexibility index (Phi) is 5.48. The van der Waals surface area contributed by atoms with Crippen molar-refractivity contribution >= 4 is 11.9 Å². The maximum atomic E-state index is 10.2. The quantitative estimate of drug-likeness (QED) is 0.323. The van der Waals surface area contributed by atoms with E-state index in [1.54, 1.807) is 0 Å². The van der Waals surface area contributed by atoms with Crippen molar-refractivity contribution in [3.63, 3.8) is 0 Å². The zero-order valence-corrected chi connectivity index (χ0v) is 9.74. The third kappa shape index (κ3) is 4.57. The molecule has 0 bridgehead atoms. The summed E-state index contributed by atoms with van der Waals surface area (Å²) in [7, 11) is 0. The van der Waals surface area contributed by atoms with E-state index in [1.807, 2.05) is 0 Å². The number of aliphatic hydroxyl groups is 2. The number of β-amino-alcohol motifs (C(OH)–C–C–N with tert-alkyl or cyclic N) is 2. The first kappa shape index (κ1) is 14.8. The van der Waals surface area contributed by atoms with Gasteiger partial charge >= 0.3 is 11.9 Å². The largest absolute Gasteiger partial charge is 0.480 e. The van der Waals surface area contributed by atoms with Crippen LogP contribution in [-0.2, 0) is 9.59 Å². The van der Waals surface area contributed by atoms with Crippen molar-refractivity contribution < 1.29 is 30.0 Å². The Morgan fingerprint density at radius 3 is 1.28 bits per heavy atom. The van der Waals surface area contributed by atoms with Crippen molar-refractivity contribution in [2.45, 2.75) is 37.1 Å². The highest BCUT2D eigenvalue weighted by Gasteiger charge is 2.27. The van der Waals surface area contributed by atoms with Crippen LogP contribution < -0.4 is 10.6 Å². The lowest BCUT2D eigenvalue weighted by Crippen LogP contribution is -2.29. The molecule has 2 saturated heterocycles. The van der Waals surface area contributed by atoms with Crippen molar-refractivity contribution in [2.75, 3.05) is 13.1 Å². The first-order valence-electron chi connectivity index (χ1n) is 5.68. The molecular formula is C10H18N2O6. The van der Waals surface area contributed by atoms with E-state index in [9.17, 15) is 9.59 Å². The predicted molar refractivity (Wildman–Crippen MR) is 60.1 cm³/mol. The molecule has 8 heteroatoms. The van der Waals surface area contributed by atoms with Crippen molar-refractivity contribution in [1.29, 1.82) is 0 Å². The lowest BCUT2D eigenvalue weighted by Gasteiger charge is -1.99. The Balaban J connectivity index is 0.000000180. The molecule has 18 heavy (non-hydrogen) atoms. The fraction of sp³-hybridized carbons (Fsp3) is 0.800. The van der Waals surface area contributed by atoms with Crippen LogP contribution in [0.4, 0.5) is 0 Å². The molecule has 0 aromatic heterocycles. The summed E-state index contributed by atoms with van der Waals surface area (Å²) in [6, 6.07) is -1.08. The number of rotatable bonds is 2. The van der Waals surface area contributed by atoms with Crippen LogP contribution in [0.15, 0.2) is 0 Å². The number of aliphatic carboxylic acids is 2. The zero-order valence-electron chi connectivity index (χ0n) is 9.74. The minimum Gasteiger partial charge on any atom is -0.480 e. The van der Waals surface area contributed by atoms with E-state index in [0.717, 1.165) is 0 Å². The molecule has 2 aliphatic heterocycles. The van der Waals surface area contributed by atoms with Gasteiger partial charge in [0.1, 0.15) is 12.1 Å². The minimum atomic E-state index is -0.883. The Labute approximate surface area is 104 Å². The molecule has 4 atom stereocenters. The second-order valence-corrected chi connectivity index (χ2v) is 4.38. The van der Waals surface area contributed by atoms with Crippen LogP contribution in [0.25, 0.3) is 0 Å². The van der Waals surface area contributed by atoms with Gasteiger partial charge in [0.15, 0.2) is 0 Å². The second-order valence-electron chi connectivity index (χ2n) is 4.38. The third-order valence-electron chi connectivity index (χ3n) is 2.81. The van der Waals surface area contributed by atoms with E-state index in [0.29, 0.717) is 25.9 Å². The van der Waals surface area contributed by atoms with Gasteiger partial charge in [0, 0.05) is 25.9 Å². The highest BCUT2D eigenvalue weighted by atomic mass is 16.4. The topological polar surface area (TPSA) is 139 Å². The number of nitrogens with one attached hydrogen (secondary N) is 2. The molecule has 0 amide bonds. The van der Waals surface area contributed by atoms with Gasteiger partial charge in [-0.3, -0.25) is 9.59 Å². The van der Waals surface area contributed by atoms with Crippen LogP contribution in [0.5, 0.6) is 0 Å². The zero-order chi connectivity index (χ0) is 13.7. The molecule has 2 aliphatic rings. The van der Waals surface area contributed by atoms with Crippen LogP contribution in [-0.4, -0.2) is 69.7 Å². The summed E-state index contributed by atoms with van der Waals surface area (Å²) in [5.74, 6) is -1.77. The molecule has 8 nitrogen and oxygen atoms in total. The van der Waals surface area contributed by atoms with Crippen LogP contribution in [0.3, 0.4) is 0 Å². The number of carbonyl (C=O) groups is 2.